The van der Waals surface area contributed by atoms with Crippen molar-refractivity contribution in [3.63, 3.8) is 0 Å². The lowest BCUT2D eigenvalue weighted by atomic mass is 10.2. The third kappa shape index (κ3) is 3.08. The van der Waals surface area contributed by atoms with Crippen LogP contribution in [-0.4, -0.2) is 0 Å². The maximum atomic E-state index is 5.85. The molecule has 3 heteroatoms. The molecular weight excluding hydrogens is 278 g/mol. The van der Waals surface area contributed by atoms with Gasteiger partial charge in [0.25, 0.3) is 0 Å². The molecule has 0 spiro atoms. The van der Waals surface area contributed by atoms with Gasteiger partial charge in [0.05, 0.1) is 0 Å². The monoisotopic (exact) mass is 291 g/mol. The van der Waals surface area contributed by atoms with Crippen molar-refractivity contribution in [2.75, 3.05) is 0 Å². The van der Waals surface area contributed by atoms with Gasteiger partial charge in [-0.2, -0.15) is 0 Å². The van der Waals surface area contributed by atoms with Gasteiger partial charge < -0.3 is 10.5 Å². The second-order valence-corrected chi connectivity index (χ2v) is 4.78. The summed E-state index contributed by atoms with van der Waals surface area (Å²) in [5.41, 5.74) is 7.79. The van der Waals surface area contributed by atoms with Crippen LogP contribution in [0, 0.1) is 6.92 Å². The highest BCUT2D eigenvalue weighted by atomic mass is 79.9. The maximum Gasteiger partial charge on any atom is 0.130 e. The summed E-state index contributed by atoms with van der Waals surface area (Å²) in [6.45, 7) is 2.53. The molecule has 2 rings (SSSR count). The fraction of sp³-hybridized carbons (Fsp3) is 0.143. The Kier molecular flexibility index (Phi) is 3.82. The number of benzene rings is 2. The number of nitrogens with two attached hydrogens (primary N) is 1. The van der Waals surface area contributed by atoms with Gasteiger partial charge in [0.2, 0.25) is 0 Å². The quantitative estimate of drug-likeness (QED) is 0.927. The molecule has 88 valence electrons. The molecular formula is C14H14BrNO. The van der Waals surface area contributed by atoms with Gasteiger partial charge in [0.1, 0.15) is 11.5 Å². The molecule has 0 aliphatic rings. The van der Waals surface area contributed by atoms with Crippen LogP contribution in [-0.2, 0) is 6.54 Å². The van der Waals surface area contributed by atoms with Crippen LogP contribution in [0.25, 0.3) is 0 Å². The lowest BCUT2D eigenvalue weighted by molar-refractivity contribution is 0.478. The van der Waals surface area contributed by atoms with Gasteiger partial charge in [-0.3, -0.25) is 0 Å². The fourth-order valence-electron chi connectivity index (χ4n) is 1.60. The number of hydrogen-bond donors (Lipinski definition) is 1. The van der Waals surface area contributed by atoms with E-state index in [4.69, 9.17) is 10.5 Å². The Balaban J connectivity index is 2.30. The van der Waals surface area contributed by atoms with E-state index in [0.29, 0.717) is 6.54 Å². The Hall–Kier alpha value is -1.32. The Bertz CT molecular complexity index is 525. The lowest BCUT2D eigenvalue weighted by Crippen LogP contribution is -1.97. The molecule has 0 saturated carbocycles. The van der Waals surface area contributed by atoms with Gasteiger partial charge in [-0.05, 0) is 42.3 Å². The van der Waals surface area contributed by atoms with Crippen molar-refractivity contribution in [2.45, 2.75) is 13.5 Å². The smallest absolute Gasteiger partial charge is 0.130 e. The minimum Gasteiger partial charge on any atom is -0.457 e. The normalized spacial score (nSPS) is 10.3. The molecule has 0 radical (unpaired) electrons. The Morgan fingerprint density at radius 1 is 1.18 bits per heavy atom. The van der Waals surface area contributed by atoms with Crippen molar-refractivity contribution in [2.24, 2.45) is 5.73 Å². The van der Waals surface area contributed by atoms with E-state index < -0.39 is 0 Å². The Morgan fingerprint density at radius 3 is 2.65 bits per heavy atom. The molecule has 0 aromatic heterocycles. The molecule has 2 aromatic rings. The summed E-state index contributed by atoms with van der Waals surface area (Å²) in [5, 5.41) is 0. The molecule has 0 atom stereocenters. The summed E-state index contributed by atoms with van der Waals surface area (Å²) in [5.74, 6) is 1.67. The van der Waals surface area contributed by atoms with Crippen LogP contribution in [0.2, 0.25) is 0 Å². The molecule has 0 fully saturated rings. The molecule has 2 aromatic carbocycles. The molecule has 0 aliphatic carbocycles. The zero-order chi connectivity index (χ0) is 12.3. The number of para-hydroxylation sites is 1. The van der Waals surface area contributed by atoms with Gasteiger partial charge in [-0.15, -0.1) is 0 Å². The average Bonchev–Trinajstić information content (AvgIpc) is 2.31. The van der Waals surface area contributed by atoms with Gasteiger partial charge in [-0.1, -0.05) is 34.1 Å². The summed E-state index contributed by atoms with van der Waals surface area (Å²) in [7, 11) is 0. The molecule has 0 bridgehead atoms. The van der Waals surface area contributed by atoms with Crippen LogP contribution in [0.15, 0.2) is 46.9 Å². The first-order valence-electron chi connectivity index (χ1n) is 5.42. The van der Waals surface area contributed by atoms with Crippen LogP contribution in [0.5, 0.6) is 11.5 Å². The summed E-state index contributed by atoms with van der Waals surface area (Å²) in [4.78, 5) is 0. The minimum atomic E-state index is 0.504. The van der Waals surface area contributed by atoms with E-state index in [1.54, 1.807) is 0 Å². The molecule has 2 nitrogen and oxygen atoms in total. The number of halogens is 1. The maximum absolute atomic E-state index is 5.85. The highest BCUT2D eigenvalue weighted by Crippen LogP contribution is 2.28. The van der Waals surface area contributed by atoms with Crippen molar-refractivity contribution in [1.82, 2.24) is 0 Å². The summed E-state index contributed by atoms with van der Waals surface area (Å²) < 4.78 is 6.82. The van der Waals surface area contributed by atoms with Gasteiger partial charge in [0, 0.05) is 11.0 Å². The van der Waals surface area contributed by atoms with E-state index in [9.17, 15) is 0 Å². The van der Waals surface area contributed by atoms with Crippen LogP contribution < -0.4 is 10.5 Å². The van der Waals surface area contributed by atoms with Crippen LogP contribution in [0.4, 0.5) is 0 Å². The zero-order valence-electron chi connectivity index (χ0n) is 9.61. The first-order chi connectivity index (χ1) is 8.19. The van der Waals surface area contributed by atoms with Gasteiger partial charge in [0.15, 0.2) is 0 Å². The first-order valence-corrected chi connectivity index (χ1v) is 6.21. The molecule has 17 heavy (non-hydrogen) atoms. The lowest BCUT2D eigenvalue weighted by Gasteiger charge is -2.10. The zero-order valence-corrected chi connectivity index (χ0v) is 11.2. The summed E-state index contributed by atoms with van der Waals surface area (Å²) in [6.07, 6.45) is 0. The largest absolute Gasteiger partial charge is 0.457 e. The molecule has 0 amide bonds. The first kappa shape index (κ1) is 12.1. The number of hydrogen-bond acceptors (Lipinski definition) is 2. The SMILES string of the molecule is Cc1ccccc1Oc1cc(Br)cc(CN)c1. The number of aryl methyl sites for hydroxylation is 1. The highest BCUT2D eigenvalue weighted by Gasteiger charge is 2.03. The van der Waals surface area contributed by atoms with Crippen molar-refractivity contribution in [3.05, 3.63) is 58.1 Å². The third-order valence-corrected chi connectivity index (χ3v) is 2.95. The molecule has 0 saturated heterocycles. The van der Waals surface area contributed by atoms with E-state index in [1.807, 2.05) is 49.4 Å². The van der Waals surface area contributed by atoms with Gasteiger partial charge >= 0.3 is 0 Å². The van der Waals surface area contributed by atoms with Crippen LogP contribution in [0.1, 0.15) is 11.1 Å². The summed E-state index contributed by atoms with van der Waals surface area (Å²) >= 11 is 3.45. The summed E-state index contributed by atoms with van der Waals surface area (Å²) in [6, 6.07) is 13.8. The predicted molar refractivity (Wildman–Crippen MR) is 73.3 cm³/mol. The second kappa shape index (κ2) is 5.34. The van der Waals surface area contributed by atoms with Gasteiger partial charge in [-0.25, -0.2) is 0 Å². The molecule has 0 aliphatic heterocycles. The van der Waals surface area contributed by atoms with E-state index in [1.165, 1.54) is 0 Å². The molecule has 2 N–H and O–H groups in total. The van der Waals surface area contributed by atoms with E-state index in [2.05, 4.69) is 15.9 Å². The van der Waals surface area contributed by atoms with Crippen molar-refractivity contribution in [1.29, 1.82) is 0 Å². The Morgan fingerprint density at radius 2 is 1.94 bits per heavy atom. The van der Waals surface area contributed by atoms with Crippen LogP contribution >= 0.6 is 15.9 Å². The predicted octanol–water partition coefficient (Wildman–Crippen LogP) is 4.01. The molecule has 0 unspecified atom stereocenters. The Labute approximate surface area is 110 Å². The van der Waals surface area contributed by atoms with Crippen molar-refractivity contribution >= 4 is 15.9 Å². The van der Waals surface area contributed by atoms with Crippen LogP contribution in [0.3, 0.4) is 0 Å². The molecule has 0 heterocycles. The van der Waals surface area contributed by atoms with E-state index >= 15 is 0 Å². The number of rotatable bonds is 3. The fourth-order valence-corrected chi connectivity index (χ4v) is 2.12. The standard InChI is InChI=1S/C14H14BrNO/c1-10-4-2-3-5-14(10)17-13-7-11(9-16)6-12(15)8-13/h2-8H,9,16H2,1H3. The van der Waals surface area contributed by atoms with Crippen molar-refractivity contribution in [3.8, 4) is 11.5 Å². The topological polar surface area (TPSA) is 35.2 Å². The average molecular weight is 292 g/mol. The van der Waals surface area contributed by atoms with E-state index in [0.717, 1.165) is 27.1 Å². The van der Waals surface area contributed by atoms with E-state index in [-0.39, 0.29) is 0 Å². The second-order valence-electron chi connectivity index (χ2n) is 3.87. The minimum absolute atomic E-state index is 0.504. The van der Waals surface area contributed by atoms with Crippen molar-refractivity contribution < 1.29 is 4.74 Å². The third-order valence-electron chi connectivity index (χ3n) is 2.49. The number of ether oxygens (including phenoxy) is 1. The highest BCUT2D eigenvalue weighted by molar-refractivity contribution is 9.10.